The van der Waals surface area contributed by atoms with Crippen molar-refractivity contribution in [2.24, 2.45) is 11.7 Å². The molecular weight excluding hydrogens is 288 g/mol. The SMILES string of the molecule is CC(C)c1nnc(C(=O)NC2CCCCCC2C(N)=O)s1. The monoisotopic (exact) mass is 310 g/mol. The van der Waals surface area contributed by atoms with E-state index < -0.39 is 0 Å². The zero-order valence-electron chi connectivity index (χ0n) is 12.5. The number of primary amides is 1. The maximum absolute atomic E-state index is 12.3. The van der Waals surface area contributed by atoms with E-state index in [1.54, 1.807) is 0 Å². The largest absolute Gasteiger partial charge is 0.369 e. The minimum atomic E-state index is -0.331. The molecule has 1 aliphatic rings. The second-order valence-electron chi connectivity index (χ2n) is 5.83. The predicted molar refractivity (Wildman–Crippen MR) is 81.0 cm³/mol. The number of carbonyl (C=O) groups is 2. The van der Waals surface area contributed by atoms with Gasteiger partial charge in [0, 0.05) is 12.0 Å². The van der Waals surface area contributed by atoms with Crippen molar-refractivity contribution in [3.05, 3.63) is 10.0 Å². The van der Waals surface area contributed by atoms with Gasteiger partial charge in [0.05, 0.1) is 5.92 Å². The first-order chi connectivity index (χ1) is 9.99. The van der Waals surface area contributed by atoms with E-state index in [0.717, 1.165) is 37.1 Å². The second kappa shape index (κ2) is 6.98. The van der Waals surface area contributed by atoms with E-state index in [-0.39, 0.29) is 29.7 Å². The lowest BCUT2D eigenvalue weighted by molar-refractivity contribution is -0.122. The Balaban J connectivity index is 2.06. The quantitative estimate of drug-likeness (QED) is 0.829. The van der Waals surface area contributed by atoms with Gasteiger partial charge in [-0.15, -0.1) is 10.2 Å². The van der Waals surface area contributed by atoms with E-state index in [2.05, 4.69) is 15.5 Å². The van der Waals surface area contributed by atoms with Gasteiger partial charge in [-0.2, -0.15) is 0 Å². The average molecular weight is 310 g/mol. The first kappa shape index (κ1) is 15.9. The van der Waals surface area contributed by atoms with Crippen LogP contribution in [0.1, 0.15) is 66.7 Å². The van der Waals surface area contributed by atoms with Gasteiger partial charge in [0.25, 0.3) is 5.91 Å². The molecule has 0 aromatic carbocycles. The maximum atomic E-state index is 12.3. The van der Waals surface area contributed by atoms with Gasteiger partial charge in [0.1, 0.15) is 5.01 Å². The van der Waals surface area contributed by atoms with E-state index in [9.17, 15) is 9.59 Å². The third-order valence-corrected chi connectivity index (χ3v) is 5.05. The van der Waals surface area contributed by atoms with Crippen molar-refractivity contribution in [3.63, 3.8) is 0 Å². The highest BCUT2D eigenvalue weighted by Crippen LogP contribution is 2.24. The fourth-order valence-corrected chi connectivity index (χ4v) is 3.36. The second-order valence-corrected chi connectivity index (χ2v) is 6.84. The van der Waals surface area contributed by atoms with Crippen LogP contribution in [0.5, 0.6) is 0 Å². The number of nitrogens with one attached hydrogen (secondary N) is 1. The van der Waals surface area contributed by atoms with Crippen LogP contribution in [0.4, 0.5) is 0 Å². The van der Waals surface area contributed by atoms with Gasteiger partial charge < -0.3 is 11.1 Å². The van der Waals surface area contributed by atoms with Crippen LogP contribution in [0, 0.1) is 5.92 Å². The average Bonchev–Trinajstić information content (AvgIpc) is 2.81. The van der Waals surface area contributed by atoms with Gasteiger partial charge in [-0.05, 0) is 12.8 Å². The van der Waals surface area contributed by atoms with E-state index >= 15 is 0 Å². The molecule has 116 valence electrons. The molecule has 0 radical (unpaired) electrons. The Morgan fingerprint density at radius 2 is 1.95 bits per heavy atom. The number of aromatic nitrogens is 2. The normalized spacial score (nSPS) is 22.8. The highest BCUT2D eigenvalue weighted by Gasteiger charge is 2.30. The lowest BCUT2D eigenvalue weighted by Gasteiger charge is -2.22. The molecule has 2 atom stereocenters. The molecule has 2 amide bonds. The summed E-state index contributed by atoms with van der Waals surface area (Å²) in [7, 11) is 0. The zero-order valence-corrected chi connectivity index (χ0v) is 13.3. The van der Waals surface area contributed by atoms with Crippen LogP contribution in [0.2, 0.25) is 0 Å². The molecule has 21 heavy (non-hydrogen) atoms. The van der Waals surface area contributed by atoms with Crippen LogP contribution < -0.4 is 11.1 Å². The number of nitrogens with two attached hydrogens (primary N) is 1. The Hall–Kier alpha value is -1.50. The lowest BCUT2D eigenvalue weighted by atomic mass is 9.94. The van der Waals surface area contributed by atoms with Crippen LogP contribution in [0.3, 0.4) is 0 Å². The Labute approximate surface area is 128 Å². The van der Waals surface area contributed by atoms with E-state index in [4.69, 9.17) is 5.73 Å². The molecule has 1 fully saturated rings. The van der Waals surface area contributed by atoms with Crippen molar-refractivity contribution in [2.75, 3.05) is 0 Å². The Morgan fingerprint density at radius 1 is 1.24 bits per heavy atom. The van der Waals surface area contributed by atoms with E-state index in [1.807, 2.05) is 13.8 Å². The molecule has 1 aliphatic carbocycles. The van der Waals surface area contributed by atoms with Gasteiger partial charge in [-0.1, -0.05) is 44.4 Å². The summed E-state index contributed by atoms with van der Waals surface area (Å²) in [6, 6.07) is -0.191. The molecule has 0 saturated heterocycles. The fourth-order valence-electron chi connectivity index (χ4n) is 2.61. The summed E-state index contributed by atoms with van der Waals surface area (Å²) in [6.07, 6.45) is 4.59. The van der Waals surface area contributed by atoms with E-state index in [1.165, 1.54) is 11.3 Å². The highest BCUT2D eigenvalue weighted by molar-refractivity contribution is 7.13. The molecule has 2 unspecified atom stereocenters. The van der Waals surface area contributed by atoms with Crippen molar-refractivity contribution in [3.8, 4) is 0 Å². The predicted octanol–water partition coefficient (Wildman–Crippen LogP) is 1.83. The summed E-state index contributed by atoms with van der Waals surface area (Å²) < 4.78 is 0. The summed E-state index contributed by atoms with van der Waals surface area (Å²) in [5, 5.41) is 12.1. The molecule has 1 saturated carbocycles. The van der Waals surface area contributed by atoms with Gasteiger partial charge in [-0.25, -0.2) is 0 Å². The minimum Gasteiger partial charge on any atom is -0.369 e. The van der Waals surface area contributed by atoms with Gasteiger partial charge in [-0.3, -0.25) is 9.59 Å². The molecule has 0 bridgehead atoms. The van der Waals surface area contributed by atoms with Crippen LogP contribution in [-0.2, 0) is 4.79 Å². The summed E-state index contributed by atoms with van der Waals surface area (Å²) >= 11 is 1.30. The molecule has 7 heteroatoms. The maximum Gasteiger partial charge on any atom is 0.282 e. The van der Waals surface area contributed by atoms with Gasteiger partial charge >= 0.3 is 0 Å². The molecular formula is C14H22N4O2S. The first-order valence-electron chi connectivity index (χ1n) is 7.42. The molecule has 0 spiro atoms. The van der Waals surface area contributed by atoms with E-state index in [0.29, 0.717) is 5.01 Å². The lowest BCUT2D eigenvalue weighted by Crippen LogP contribution is -2.44. The number of rotatable bonds is 4. The first-order valence-corrected chi connectivity index (χ1v) is 8.24. The minimum absolute atomic E-state index is 0.191. The smallest absolute Gasteiger partial charge is 0.282 e. The molecule has 1 aromatic heterocycles. The summed E-state index contributed by atoms with van der Waals surface area (Å²) in [6.45, 7) is 4.02. The molecule has 1 aromatic rings. The summed E-state index contributed by atoms with van der Waals surface area (Å²) in [4.78, 5) is 23.8. The zero-order chi connectivity index (χ0) is 15.4. The molecule has 6 nitrogen and oxygen atoms in total. The standard InChI is InChI=1S/C14H22N4O2S/c1-8(2)13-17-18-14(21-13)12(20)16-10-7-5-3-4-6-9(10)11(15)19/h8-10H,3-7H2,1-2H3,(H2,15,19)(H,16,20). The molecule has 1 heterocycles. The summed E-state index contributed by atoms with van der Waals surface area (Å²) in [5.74, 6) is -0.617. The number of carbonyl (C=O) groups excluding carboxylic acids is 2. The fraction of sp³-hybridized carbons (Fsp3) is 0.714. The number of nitrogens with zero attached hydrogens (tertiary/aromatic N) is 2. The van der Waals surface area contributed by atoms with Crippen molar-refractivity contribution < 1.29 is 9.59 Å². The van der Waals surface area contributed by atoms with Crippen LogP contribution in [0.15, 0.2) is 0 Å². The third kappa shape index (κ3) is 4.00. The highest BCUT2D eigenvalue weighted by atomic mass is 32.1. The summed E-state index contributed by atoms with van der Waals surface area (Å²) in [5.41, 5.74) is 5.47. The van der Waals surface area contributed by atoms with Crippen molar-refractivity contribution in [2.45, 2.75) is 57.9 Å². The van der Waals surface area contributed by atoms with Crippen LogP contribution >= 0.6 is 11.3 Å². The van der Waals surface area contributed by atoms with Gasteiger partial charge in [0.15, 0.2) is 0 Å². The molecule has 3 N–H and O–H groups in total. The number of amides is 2. The molecule has 2 rings (SSSR count). The third-order valence-electron chi connectivity index (χ3n) is 3.83. The van der Waals surface area contributed by atoms with Crippen molar-refractivity contribution in [1.29, 1.82) is 0 Å². The van der Waals surface area contributed by atoms with Gasteiger partial charge in [0.2, 0.25) is 10.9 Å². The topological polar surface area (TPSA) is 98.0 Å². The molecule has 0 aliphatic heterocycles. The van der Waals surface area contributed by atoms with Crippen LogP contribution in [-0.4, -0.2) is 28.1 Å². The Morgan fingerprint density at radius 3 is 2.57 bits per heavy atom. The number of hydrogen-bond acceptors (Lipinski definition) is 5. The Kier molecular flexibility index (Phi) is 5.27. The van der Waals surface area contributed by atoms with Crippen LogP contribution in [0.25, 0.3) is 0 Å². The van der Waals surface area contributed by atoms with Crippen molar-refractivity contribution >= 4 is 23.2 Å². The number of hydrogen-bond donors (Lipinski definition) is 2. The van der Waals surface area contributed by atoms with Crippen molar-refractivity contribution in [1.82, 2.24) is 15.5 Å². The Bertz CT molecular complexity index is 515.